The van der Waals surface area contributed by atoms with E-state index in [4.69, 9.17) is 23.2 Å². The molecule has 9 heteroatoms. The third-order valence-corrected chi connectivity index (χ3v) is 9.49. The van der Waals surface area contributed by atoms with Crippen LogP contribution in [0, 0.1) is 11.8 Å². The molecule has 3 fully saturated rings. The average Bonchev–Trinajstić information content (AvgIpc) is 3.13. The smallest absolute Gasteiger partial charge is 0.218 e. The highest BCUT2D eigenvalue weighted by molar-refractivity contribution is 7.89. The molecule has 0 aromatic rings. The van der Waals surface area contributed by atoms with Crippen LogP contribution in [0.5, 0.6) is 0 Å². The number of nitrogens with one attached hydrogen (secondary N) is 1. The quantitative estimate of drug-likeness (QED) is 0.590. The molecule has 0 aromatic heterocycles. The van der Waals surface area contributed by atoms with Crippen molar-refractivity contribution < 1.29 is 18.6 Å². The molecule has 146 valence electrons. The van der Waals surface area contributed by atoms with Gasteiger partial charge in [0.05, 0.1) is 28.2 Å². The van der Waals surface area contributed by atoms with Crippen LogP contribution in [0.15, 0.2) is 0 Å². The van der Waals surface area contributed by atoms with E-state index in [9.17, 15) is 18.6 Å². The van der Waals surface area contributed by atoms with Crippen molar-refractivity contribution >= 4 is 33.2 Å². The fourth-order valence-corrected chi connectivity index (χ4v) is 6.88. The Hall–Kier alpha value is 0.370. The summed E-state index contributed by atoms with van der Waals surface area (Å²) in [7, 11) is -3.26. The lowest BCUT2D eigenvalue weighted by molar-refractivity contribution is -0.0462. The molecule has 3 N–H and O–H groups in total. The van der Waals surface area contributed by atoms with Gasteiger partial charge in [0.1, 0.15) is 0 Å². The van der Waals surface area contributed by atoms with Gasteiger partial charge in [-0.15, -0.1) is 23.2 Å². The van der Waals surface area contributed by atoms with Crippen molar-refractivity contribution in [3.05, 3.63) is 0 Å². The molecule has 3 rings (SSSR count). The Balaban J connectivity index is 1.56. The number of aliphatic hydroxyl groups excluding tert-OH is 2. The zero-order chi connectivity index (χ0) is 18.2. The maximum Gasteiger partial charge on any atom is 0.218 e. The number of aliphatic hydroxyl groups is 2. The monoisotopic (exact) mass is 414 g/mol. The van der Waals surface area contributed by atoms with E-state index in [1.54, 1.807) is 4.31 Å². The van der Waals surface area contributed by atoms with Gasteiger partial charge in [-0.1, -0.05) is 0 Å². The van der Waals surface area contributed by atoms with Gasteiger partial charge in [0, 0.05) is 25.6 Å². The minimum absolute atomic E-state index is 0.0106. The second-order valence-electron chi connectivity index (χ2n) is 7.62. The lowest BCUT2D eigenvalue weighted by Gasteiger charge is -2.41. The van der Waals surface area contributed by atoms with Gasteiger partial charge in [0.25, 0.3) is 0 Å². The van der Waals surface area contributed by atoms with Crippen molar-refractivity contribution in [2.75, 3.05) is 26.2 Å². The van der Waals surface area contributed by atoms with E-state index in [1.165, 1.54) is 0 Å². The molecular weight excluding hydrogens is 387 g/mol. The van der Waals surface area contributed by atoms with Gasteiger partial charge in [-0.25, -0.2) is 12.7 Å². The molecule has 0 radical (unpaired) electrons. The molecule has 2 heterocycles. The van der Waals surface area contributed by atoms with Crippen molar-refractivity contribution in [3.8, 4) is 0 Å². The summed E-state index contributed by atoms with van der Waals surface area (Å²) in [5.74, 6) is -0.298. The number of halogens is 2. The second-order valence-corrected chi connectivity index (χ2v) is 11.0. The second kappa shape index (κ2) is 8.17. The van der Waals surface area contributed by atoms with Gasteiger partial charge in [0.15, 0.2) is 0 Å². The van der Waals surface area contributed by atoms with Crippen LogP contribution in [0.2, 0.25) is 0 Å². The molecule has 2 aliphatic heterocycles. The lowest BCUT2D eigenvalue weighted by Crippen LogP contribution is -2.49. The van der Waals surface area contributed by atoms with E-state index < -0.39 is 22.2 Å². The Bertz CT molecular complexity index is 550. The highest BCUT2D eigenvalue weighted by Crippen LogP contribution is 2.38. The van der Waals surface area contributed by atoms with Gasteiger partial charge in [-0.05, 0) is 44.6 Å². The Kier molecular flexibility index (Phi) is 6.57. The van der Waals surface area contributed by atoms with E-state index in [0.29, 0.717) is 51.7 Å². The molecule has 0 aromatic carbocycles. The topological polar surface area (TPSA) is 89.9 Å². The zero-order valence-corrected chi connectivity index (χ0v) is 16.6. The molecule has 1 aliphatic carbocycles. The number of hydrogen-bond donors (Lipinski definition) is 3. The molecule has 25 heavy (non-hydrogen) atoms. The van der Waals surface area contributed by atoms with Gasteiger partial charge in [-0.3, -0.25) is 0 Å². The van der Waals surface area contributed by atoms with E-state index in [0.717, 1.165) is 6.54 Å². The third-order valence-electron chi connectivity index (χ3n) is 6.07. The number of sulfonamides is 1. The molecule has 2 saturated heterocycles. The van der Waals surface area contributed by atoms with Crippen LogP contribution in [-0.2, 0) is 10.0 Å². The van der Waals surface area contributed by atoms with Gasteiger partial charge < -0.3 is 15.5 Å². The van der Waals surface area contributed by atoms with Crippen LogP contribution in [0.3, 0.4) is 0 Å². The normalized spacial score (nSPS) is 40.2. The first-order valence-electron chi connectivity index (χ1n) is 9.14. The van der Waals surface area contributed by atoms with E-state index >= 15 is 0 Å². The SMILES string of the molecule is O=S(=O)([C@H]1CCNC1)N1CCC([C@H](O)C2CC(Cl)C(Cl)CC2O)CC1. The summed E-state index contributed by atoms with van der Waals surface area (Å²) in [6.07, 6.45) is 1.44. The van der Waals surface area contributed by atoms with Crippen LogP contribution < -0.4 is 5.32 Å². The maximum absolute atomic E-state index is 12.6. The summed E-state index contributed by atoms with van der Waals surface area (Å²) in [6.45, 7) is 2.15. The van der Waals surface area contributed by atoms with Crippen molar-refractivity contribution in [2.45, 2.75) is 60.3 Å². The average molecular weight is 415 g/mol. The summed E-state index contributed by atoms with van der Waals surface area (Å²) in [5.41, 5.74) is 0. The van der Waals surface area contributed by atoms with Gasteiger partial charge in [-0.2, -0.15) is 0 Å². The minimum atomic E-state index is -3.26. The number of piperidine rings is 1. The number of nitrogens with zero attached hydrogens (tertiary/aromatic N) is 1. The van der Waals surface area contributed by atoms with Crippen LogP contribution >= 0.6 is 23.2 Å². The lowest BCUT2D eigenvalue weighted by atomic mass is 9.75. The van der Waals surface area contributed by atoms with E-state index in [-0.39, 0.29) is 27.8 Å². The predicted octanol–water partition coefficient (Wildman–Crippen LogP) is 0.737. The van der Waals surface area contributed by atoms with Crippen molar-refractivity contribution in [3.63, 3.8) is 0 Å². The summed E-state index contributed by atoms with van der Waals surface area (Å²) < 4.78 is 26.9. The molecule has 0 bridgehead atoms. The largest absolute Gasteiger partial charge is 0.393 e. The molecular formula is C16H28Cl2N2O4S. The number of rotatable bonds is 4. The zero-order valence-electron chi connectivity index (χ0n) is 14.2. The molecule has 4 unspecified atom stereocenters. The van der Waals surface area contributed by atoms with Crippen molar-refractivity contribution in [2.24, 2.45) is 11.8 Å². The first-order chi connectivity index (χ1) is 11.8. The van der Waals surface area contributed by atoms with Gasteiger partial charge in [0.2, 0.25) is 10.0 Å². The minimum Gasteiger partial charge on any atom is -0.393 e. The van der Waals surface area contributed by atoms with Crippen LogP contribution in [0.25, 0.3) is 0 Å². The third kappa shape index (κ3) is 4.28. The maximum atomic E-state index is 12.6. The molecule has 0 amide bonds. The summed E-state index contributed by atoms with van der Waals surface area (Å²) in [5, 5.41) is 23.3. The molecule has 0 spiro atoms. The summed E-state index contributed by atoms with van der Waals surface area (Å²) >= 11 is 12.3. The van der Waals surface area contributed by atoms with Crippen LogP contribution in [0.4, 0.5) is 0 Å². The first kappa shape index (κ1) is 20.1. The first-order valence-corrected chi connectivity index (χ1v) is 11.5. The van der Waals surface area contributed by atoms with Crippen LogP contribution in [0.1, 0.15) is 32.1 Å². The van der Waals surface area contributed by atoms with E-state index in [2.05, 4.69) is 5.32 Å². The Labute approximate surface area is 159 Å². The Morgan fingerprint density at radius 3 is 2.32 bits per heavy atom. The van der Waals surface area contributed by atoms with Crippen molar-refractivity contribution in [1.82, 2.24) is 9.62 Å². The number of alkyl halides is 2. The van der Waals surface area contributed by atoms with Gasteiger partial charge >= 0.3 is 0 Å². The molecule has 1 saturated carbocycles. The standard InChI is InChI=1S/C16H28Cl2N2O4S/c17-13-7-12(15(21)8-14(13)18)16(22)10-2-5-20(6-3-10)25(23,24)11-1-4-19-9-11/h10-16,19,21-22H,1-9H2/t11-,12?,13?,14?,15?,16-/m0/s1. The molecule has 6 atom stereocenters. The van der Waals surface area contributed by atoms with Crippen LogP contribution in [-0.4, -0.2) is 77.3 Å². The highest BCUT2D eigenvalue weighted by Gasteiger charge is 2.43. The summed E-state index contributed by atoms with van der Waals surface area (Å²) in [6, 6.07) is 0. The fourth-order valence-electron chi connectivity index (χ4n) is 4.40. The van der Waals surface area contributed by atoms with E-state index in [1.807, 2.05) is 0 Å². The van der Waals surface area contributed by atoms with Crippen molar-refractivity contribution in [1.29, 1.82) is 0 Å². The number of hydrogen-bond acceptors (Lipinski definition) is 5. The Morgan fingerprint density at radius 2 is 1.72 bits per heavy atom. The predicted molar refractivity (Wildman–Crippen MR) is 98.5 cm³/mol. The molecule has 3 aliphatic rings. The fraction of sp³-hybridized carbons (Fsp3) is 1.00. The Morgan fingerprint density at radius 1 is 1.08 bits per heavy atom. The highest BCUT2D eigenvalue weighted by atomic mass is 35.5. The summed E-state index contributed by atoms with van der Waals surface area (Å²) in [4.78, 5) is 0. The molecule has 6 nitrogen and oxygen atoms in total.